The Morgan fingerprint density at radius 1 is 1.06 bits per heavy atom. The molecule has 0 aromatic rings. The Labute approximate surface area is 140 Å². The topological polar surface area (TPSA) is 26.3 Å². The average molecular weight is 331 g/mol. The van der Waals surface area contributed by atoms with Gasteiger partial charge in [-0.05, 0) is 5.41 Å². The van der Waals surface area contributed by atoms with Gasteiger partial charge in [0.25, 0.3) is 0 Å². The Bertz CT molecular complexity index is 212. The molecule has 1 atom stereocenters. The third kappa shape index (κ3) is 10.6. The summed E-state index contributed by atoms with van der Waals surface area (Å²) in [5.74, 6) is 0. The van der Waals surface area contributed by atoms with E-state index in [0.29, 0.717) is 6.61 Å². The van der Waals surface area contributed by atoms with Crippen LogP contribution in [0, 0.1) is 23.2 Å². The molecule has 0 N–H and O–H groups in total. The Morgan fingerprint density at radius 3 is 1.44 bits per heavy atom. The monoisotopic (exact) mass is 331 g/mol. The van der Waals surface area contributed by atoms with Crippen molar-refractivity contribution in [1.82, 2.24) is 0 Å². The van der Waals surface area contributed by atoms with Crippen LogP contribution in [0.4, 0.5) is 0 Å². The summed E-state index contributed by atoms with van der Waals surface area (Å²) in [5.41, 5.74) is -0.174. The third-order valence-electron chi connectivity index (χ3n) is 2.97. The smallest absolute Gasteiger partial charge is 0.0319 e. The first-order valence-electron chi connectivity index (χ1n) is 6.11. The van der Waals surface area contributed by atoms with E-state index in [2.05, 4.69) is 59.5 Å². The van der Waals surface area contributed by atoms with Crippen LogP contribution in [0.3, 0.4) is 0 Å². The minimum Gasteiger partial charge on any atom is -0.541 e. The molecule has 0 spiro atoms. The summed E-state index contributed by atoms with van der Waals surface area (Å²) in [7, 11) is 1.62. The van der Waals surface area contributed by atoms with Crippen LogP contribution in [0.5, 0.6) is 0 Å². The van der Waals surface area contributed by atoms with Crippen LogP contribution in [-0.2, 0) is 42.2 Å². The SMILES string of the molecule is CC(C)(C)CC(C)([C-]=O)C(C)(C)C.[CH2-]COC.[Y]. The minimum absolute atomic E-state index is 0. The maximum atomic E-state index is 11.0. The van der Waals surface area contributed by atoms with Gasteiger partial charge in [0.05, 0.1) is 0 Å². The third-order valence-corrected chi connectivity index (χ3v) is 2.97. The average Bonchev–Trinajstić information content (AvgIpc) is 2.14. The molecule has 0 rings (SSSR count). The number of methoxy groups -OCH3 is 1. The van der Waals surface area contributed by atoms with Gasteiger partial charge in [-0.25, -0.2) is 0 Å². The largest absolute Gasteiger partial charge is 0.541 e. The fraction of sp³-hybridized carbons (Fsp3) is 0.867. The molecule has 0 aliphatic rings. The van der Waals surface area contributed by atoms with E-state index in [1.807, 2.05) is 6.92 Å². The van der Waals surface area contributed by atoms with E-state index in [-0.39, 0.29) is 49.0 Å². The second-order valence-corrected chi connectivity index (χ2v) is 6.91. The fourth-order valence-electron chi connectivity index (χ4n) is 1.52. The predicted molar refractivity (Wildman–Crippen MR) is 74.6 cm³/mol. The van der Waals surface area contributed by atoms with E-state index in [9.17, 15) is 4.79 Å². The molecular weight excluding hydrogens is 301 g/mol. The fourth-order valence-corrected chi connectivity index (χ4v) is 1.52. The Balaban J connectivity index is -0.000000392. The second-order valence-electron chi connectivity index (χ2n) is 6.91. The maximum Gasteiger partial charge on any atom is 0.0319 e. The maximum absolute atomic E-state index is 11.0. The molecule has 0 aromatic heterocycles. The molecule has 0 fully saturated rings. The first-order valence-corrected chi connectivity index (χ1v) is 6.11. The quantitative estimate of drug-likeness (QED) is 0.729. The predicted octanol–water partition coefficient (Wildman–Crippen LogP) is 4.05. The van der Waals surface area contributed by atoms with Crippen molar-refractivity contribution in [2.24, 2.45) is 16.2 Å². The number of hydrogen-bond donors (Lipinski definition) is 0. The van der Waals surface area contributed by atoms with E-state index >= 15 is 0 Å². The van der Waals surface area contributed by atoms with Crippen LogP contribution in [-0.4, -0.2) is 20.0 Å². The van der Waals surface area contributed by atoms with Crippen LogP contribution in [0.1, 0.15) is 54.9 Å². The molecule has 1 radical (unpaired) electrons. The molecule has 107 valence electrons. The molecule has 0 bridgehead atoms. The Kier molecular flexibility index (Phi) is 12.7. The zero-order chi connectivity index (χ0) is 14.3. The van der Waals surface area contributed by atoms with Crippen molar-refractivity contribution in [1.29, 1.82) is 0 Å². The van der Waals surface area contributed by atoms with Crippen LogP contribution >= 0.6 is 0 Å². The summed E-state index contributed by atoms with van der Waals surface area (Å²) in [5, 5.41) is 0. The van der Waals surface area contributed by atoms with Gasteiger partial charge in [-0.3, -0.25) is 6.29 Å². The van der Waals surface area contributed by atoms with Crippen molar-refractivity contribution in [3.63, 3.8) is 0 Å². The molecule has 3 heteroatoms. The van der Waals surface area contributed by atoms with Crippen molar-refractivity contribution >= 4 is 6.29 Å². The van der Waals surface area contributed by atoms with Crippen molar-refractivity contribution in [3.8, 4) is 0 Å². The number of ether oxygens (including phenoxy) is 1. The molecular formula is C15H30O2Y-2. The van der Waals surface area contributed by atoms with Crippen LogP contribution < -0.4 is 0 Å². The molecule has 0 amide bonds. The summed E-state index contributed by atoms with van der Waals surface area (Å²) < 4.78 is 4.43. The number of hydrogen-bond acceptors (Lipinski definition) is 2. The van der Waals surface area contributed by atoms with Crippen molar-refractivity contribution < 1.29 is 42.2 Å². The standard InChI is InChI=1S/C12H23O.C3H7O.Y/c1-10(2,3)8-12(7,9-13)11(4,5)6;1-3-4-2;/h8H2,1-7H3;1,3H2,2H3;/q2*-1;. The van der Waals surface area contributed by atoms with Crippen molar-refractivity contribution in [3.05, 3.63) is 6.92 Å². The molecule has 0 heterocycles. The second kappa shape index (κ2) is 9.61. The first kappa shape index (κ1) is 23.8. The summed E-state index contributed by atoms with van der Waals surface area (Å²) in [4.78, 5) is 11.0. The molecule has 0 aliphatic carbocycles. The van der Waals surface area contributed by atoms with Gasteiger partial charge in [-0.1, -0.05) is 66.9 Å². The van der Waals surface area contributed by atoms with E-state index in [1.54, 1.807) is 7.11 Å². The Morgan fingerprint density at radius 2 is 1.39 bits per heavy atom. The van der Waals surface area contributed by atoms with Crippen LogP contribution in [0.25, 0.3) is 0 Å². The molecule has 0 saturated carbocycles. The van der Waals surface area contributed by atoms with Gasteiger partial charge in [-0.2, -0.15) is 0 Å². The van der Waals surface area contributed by atoms with E-state index in [0.717, 1.165) is 6.42 Å². The summed E-state index contributed by atoms with van der Waals surface area (Å²) in [6.07, 6.45) is 3.11. The van der Waals surface area contributed by atoms with E-state index in [1.165, 1.54) is 0 Å². The van der Waals surface area contributed by atoms with E-state index < -0.39 is 0 Å². The molecule has 0 saturated heterocycles. The van der Waals surface area contributed by atoms with Gasteiger partial charge < -0.3 is 16.5 Å². The van der Waals surface area contributed by atoms with Gasteiger partial charge in [0.2, 0.25) is 0 Å². The van der Waals surface area contributed by atoms with E-state index in [4.69, 9.17) is 0 Å². The normalized spacial score (nSPS) is 14.7. The Hall–Kier alpha value is 0.734. The molecule has 1 unspecified atom stereocenters. The van der Waals surface area contributed by atoms with Gasteiger partial charge in [0.15, 0.2) is 0 Å². The molecule has 18 heavy (non-hydrogen) atoms. The van der Waals surface area contributed by atoms with Crippen LogP contribution in [0.2, 0.25) is 0 Å². The number of rotatable bonds is 3. The first-order chi connectivity index (χ1) is 7.43. The van der Waals surface area contributed by atoms with Crippen molar-refractivity contribution in [2.45, 2.75) is 54.9 Å². The van der Waals surface area contributed by atoms with Gasteiger partial charge in [0.1, 0.15) is 0 Å². The number of carbonyl (C=O) groups excluding carboxylic acids is 1. The van der Waals surface area contributed by atoms with Gasteiger partial charge in [0, 0.05) is 39.8 Å². The summed E-state index contributed by atoms with van der Waals surface area (Å²) in [6, 6.07) is 0. The summed E-state index contributed by atoms with van der Waals surface area (Å²) >= 11 is 0. The van der Waals surface area contributed by atoms with Gasteiger partial charge in [-0.15, -0.1) is 5.41 Å². The molecule has 2 nitrogen and oxygen atoms in total. The summed E-state index contributed by atoms with van der Waals surface area (Å²) in [6.45, 7) is 18.7. The zero-order valence-corrected chi connectivity index (χ0v) is 16.4. The van der Waals surface area contributed by atoms with Gasteiger partial charge >= 0.3 is 0 Å². The molecule has 0 aromatic carbocycles. The van der Waals surface area contributed by atoms with Crippen molar-refractivity contribution in [2.75, 3.05) is 13.7 Å². The molecule has 0 aliphatic heterocycles. The van der Waals surface area contributed by atoms with Crippen LogP contribution in [0.15, 0.2) is 0 Å². The zero-order valence-electron chi connectivity index (χ0n) is 13.5. The minimum atomic E-state index is -0.342.